The summed E-state index contributed by atoms with van der Waals surface area (Å²) < 4.78 is 5.56. The van der Waals surface area contributed by atoms with Gasteiger partial charge in [-0.05, 0) is 36.4 Å². The molecule has 0 bridgehead atoms. The summed E-state index contributed by atoms with van der Waals surface area (Å²) in [7, 11) is 0. The van der Waals surface area contributed by atoms with Gasteiger partial charge in [0.25, 0.3) is 5.91 Å². The first-order chi connectivity index (χ1) is 13.2. The van der Waals surface area contributed by atoms with Crippen LogP contribution in [0.3, 0.4) is 0 Å². The zero-order chi connectivity index (χ0) is 18.4. The van der Waals surface area contributed by atoms with E-state index in [2.05, 4.69) is 4.99 Å². The van der Waals surface area contributed by atoms with E-state index in [0.717, 1.165) is 0 Å². The highest BCUT2D eigenvalue weighted by atomic mass is 16.5. The van der Waals surface area contributed by atoms with Gasteiger partial charge in [-0.1, -0.05) is 36.4 Å². The molecule has 132 valence electrons. The first-order valence-corrected chi connectivity index (χ1v) is 8.71. The van der Waals surface area contributed by atoms with Gasteiger partial charge in [-0.3, -0.25) is 14.7 Å². The molecule has 3 aromatic rings. The van der Waals surface area contributed by atoms with Crippen molar-refractivity contribution in [1.29, 1.82) is 0 Å². The fourth-order valence-corrected chi connectivity index (χ4v) is 3.75. The van der Waals surface area contributed by atoms with E-state index in [-0.39, 0.29) is 5.91 Å². The molecule has 27 heavy (non-hydrogen) atoms. The molecule has 1 N–H and O–H groups in total. The van der Waals surface area contributed by atoms with Crippen LogP contribution in [0.4, 0.5) is 11.4 Å². The molecular formula is C22H16N2O3. The lowest BCUT2D eigenvalue weighted by Crippen LogP contribution is -2.45. The molecule has 0 radical (unpaired) electrons. The highest BCUT2D eigenvalue weighted by molar-refractivity contribution is 6.12. The van der Waals surface area contributed by atoms with Crippen molar-refractivity contribution in [2.45, 2.75) is 5.72 Å². The van der Waals surface area contributed by atoms with Gasteiger partial charge in [-0.2, -0.15) is 0 Å². The summed E-state index contributed by atoms with van der Waals surface area (Å²) in [6.07, 6.45) is 1.68. The smallest absolute Gasteiger partial charge is 0.261 e. The zero-order valence-corrected chi connectivity index (χ0v) is 14.4. The Morgan fingerprint density at radius 1 is 1.00 bits per heavy atom. The first kappa shape index (κ1) is 15.8. The number of ether oxygens (including phenoxy) is 1. The van der Waals surface area contributed by atoms with Gasteiger partial charge in [-0.15, -0.1) is 0 Å². The first-order valence-electron chi connectivity index (χ1n) is 8.71. The van der Waals surface area contributed by atoms with Crippen molar-refractivity contribution in [1.82, 2.24) is 0 Å². The molecule has 1 amide bonds. The summed E-state index contributed by atoms with van der Waals surface area (Å²) in [5.41, 5.74) is 1.24. The van der Waals surface area contributed by atoms with Crippen LogP contribution in [0.15, 0.2) is 77.8 Å². The molecule has 0 aliphatic carbocycles. The molecule has 0 aromatic heterocycles. The lowest BCUT2D eigenvalue weighted by molar-refractivity contribution is 0.0703. The fourth-order valence-electron chi connectivity index (χ4n) is 3.75. The van der Waals surface area contributed by atoms with Crippen LogP contribution in [-0.4, -0.2) is 23.8 Å². The van der Waals surface area contributed by atoms with Crippen LogP contribution in [0, 0.1) is 0 Å². The van der Waals surface area contributed by atoms with Crippen LogP contribution >= 0.6 is 0 Å². The quantitative estimate of drug-likeness (QED) is 0.763. The molecule has 0 saturated carbocycles. The Balaban J connectivity index is 1.76. The molecule has 0 saturated heterocycles. The van der Waals surface area contributed by atoms with Crippen LogP contribution in [0.2, 0.25) is 0 Å². The molecule has 2 aliphatic rings. The van der Waals surface area contributed by atoms with Gasteiger partial charge in [0.15, 0.2) is 5.72 Å². The Kier molecular flexibility index (Phi) is 3.39. The van der Waals surface area contributed by atoms with Crippen molar-refractivity contribution in [2.24, 2.45) is 4.99 Å². The van der Waals surface area contributed by atoms with E-state index in [1.165, 1.54) is 4.90 Å². The number of benzene rings is 3. The van der Waals surface area contributed by atoms with Gasteiger partial charge >= 0.3 is 0 Å². The number of amides is 1. The number of carbonyl (C=O) groups is 1. The number of nitrogens with zero attached hydrogens (tertiary/aromatic N) is 2. The van der Waals surface area contributed by atoms with Crippen LogP contribution in [-0.2, 0) is 5.72 Å². The number of fused-ring (bicyclic) bond motifs is 2. The van der Waals surface area contributed by atoms with E-state index < -0.39 is 5.72 Å². The average molecular weight is 356 g/mol. The molecule has 1 unspecified atom stereocenters. The third kappa shape index (κ3) is 2.22. The standard InChI is InChI=1S/C22H16N2O3/c25-21-17-8-4-5-9-18(17)22(26,24(21)16-6-2-1-3-7-16)15-10-11-20-19(14-15)23-12-13-27-20/h1-12,14,26H,13H2. The van der Waals surface area contributed by atoms with Crippen LogP contribution < -0.4 is 9.64 Å². The number of aliphatic hydroxyl groups is 1. The molecule has 5 rings (SSSR count). The largest absolute Gasteiger partial charge is 0.486 e. The highest BCUT2D eigenvalue weighted by Crippen LogP contribution is 2.46. The minimum Gasteiger partial charge on any atom is -0.486 e. The van der Waals surface area contributed by atoms with Gasteiger partial charge in [0.1, 0.15) is 18.0 Å². The Bertz CT molecular complexity index is 1080. The number of para-hydroxylation sites is 1. The topological polar surface area (TPSA) is 62.1 Å². The van der Waals surface area contributed by atoms with Crippen molar-refractivity contribution < 1.29 is 14.6 Å². The lowest BCUT2D eigenvalue weighted by atomic mass is 9.93. The SMILES string of the molecule is O=C1c2ccccc2C(O)(c2ccc3c(c2)N=CCO3)N1c1ccccc1. The van der Waals surface area contributed by atoms with Crippen molar-refractivity contribution in [2.75, 3.05) is 11.5 Å². The van der Waals surface area contributed by atoms with Crippen LogP contribution in [0.25, 0.3) is 0 Å². The van der Waals surface area contributed by atoms with Crippen molar-refractivity contribution >= 4 is 23.5 Å². The van der Waals surface area contributed by atoms with E-state index in [4.69, 9.17) is 4.74 Å². The summed E-state index contributed by atoms with van der Waals surface area (Å²) in [6, 6.07) is 21.7. The number of hydrogen-bond acceptors (Lipinski definition) is 4. The molecule has 5 nitrogen and oxygen atoms in total. The summed E-state index contributed by atoms with van der Waals surface area (Å²) in [5.74, 6) is 0.422. The lowest BCUT2D eigenvalue weighted by Gasteiger charge is -2.35. The Morgan fingerprint density at radius 3 is 2.63 bits per heavy atom. The van der Waals surface area contributed by atoms with Gasteiger partial charge < -0.3 is 9.84 Å². The summed E-state index contributed by atoms with van der Waals surface area (Å²) in [6.45, 7) is 0.425. The monoisotopic (exact) mass is 356 g/mol. The molecule has 2 heterocycles. The van der Waals surface area contributed by atoms with Crippen molar-refractivity contribution in [3.8, 4) is 5.75 Å². The predicted octanol–water partition coefficient (Wildman–Crippen LogP) is 3.64. The zero-order valence-electron chi connectivity index (χ0n) is 14.4. The van der Waals surface area contributed by atoms with Gasteiger partial charge in [0.05, 0.1) is 0 Å². The Labute approximate surface area is 156 Å². The fraction of sp³-hybridized carbons (Fsp3) is 0.0909. The van der Waals surface area contributed by atoms with Crippen molar-refractivity contribution in [3.05, 3.63) is 89.5 Å². The minimum atomic E-state index is -1.63. The summed E-state index contributed by atoms with van der Waals surface area (Å²) in [4.78, 5) is 19.0. The maximum atomic E-state index is 13.2. The second-order valence-corrected chi connectivity index (χ2v) is 6.50. The van der Waals surface area contributed by atoms with E-state index in [1.54, 1.807) is 42.6 Å². The predicted molar refractivity (Wildman–Crippen MR) is 103 cm³/mol. The highest BCUT2D eigenvalue weighted by Gasteiger charge is 2.50. The molecule has 1 atom stereocenters. The summed E-state index contributed by atoms with van der Waals surface area (Å²) >= 11 is 0. The molecule has 5 heteroatoms. The molecule has 0 spiro atoms. The normalized spacial score (nSPS) is 20.2. The second-order valence-electron chi connectivity index (χ2n) is 6.50. The maximum Gasteiger partial charge on any atom is 0.261 e. The van der Waals surface area contributed by atoms with Crippen LogP contribution in [0.5, 0.6) is 5.75 Å². The van der Waals surface area contributed by atoms with Gasteiger partial charge in [0, 0.05) is 28.6 Å². The van der Waals surface area contributed by atoms with Crippen molar-refractivity contribution in [3.63, 3.8) is 0 Å². The number of aliphatic imine (C=N–C) groups is 1. The van der Waals surface area contributed by atoms with Gasteiger partial charge in [0.2, 0.25) is 0 Å². The Morgan fingerprint density at radius 2 is 1.78 bits per heavy atom. The molecular weight excluding hydrogens is 340 g/mol. The van der Waals surface area contributed by atoms with E-state index >= 15 is 0 Å². The van der Waals surface area contributed by atoms with E-state index in [9.17, 15) is 9.90 Å². The third-order valence-electron chi connectivity index (χ3n) is 4.98. The maximum absolute atomic E-state index is 13.2. The molecule has 2 aliphatic heterocycles. The van der Waals surface area contributed by atoms with E-state index in [0.29, 0.717) is 40.4 Å². The Hall–Kier alpha value is -3.44. The number of rotatable bonds is 2. The third-order valence-corrected chi connectivity index (χ3v) is 4.98. The molecule has 0 fully saturated rings. The average Bonchev–Trinajstić information content (AvgIpc) is 2.97. The van der Waals surface area contributed by atoms with Gasteiger partial charge in [-0.25, -0.2) is 0 Å². The second kappa shape index (κ2) is 5.79. The number of carbonyl (C=O) groups excluding carboxylic acids is 1. The molecule has 3 aromatic carbocycles. The number of hydrogen-bond donors (Lipinski definition) is 1. The van der Waals surface area contributed by atoms with Crippen LogP contribution in [0.1, 0.15) is 21.5 Å². The summed E-state index contributed by atoms with van der Waals surface area (Å²) in [5, 5.41) is 11.9. The minimum absolute atomic E-state index is 0.239. The van der Waals surface area contributed by atoms with E-state index in [1.807, 2.05) is 36.4 Å². The number of anilines is 1.